The van der Waals surface area contributed by atoms with Gasteiger partial charge in [-0.25, -0.2) is 5.43 Å². The predicted molar refractivity (Wildman–Crippen MR) is 120 cm³/mol. The largest absolute Gasteiger partial charge is 0.494 e. The van der Waals surface area contributed by atoms with Gasteiger partial charge < -0.3 is 9.64 Å². The third-order valence-electron chi connectivity index (χ3n) is 4.95. The molecule has 3 aromatic rings. The van der Waals surface area contributed by atoms with Crippen molar-refractivity contribution in [3.05, 3.63) is 94.0 Å². The first-order valence-corrected chi connectivity index (χ1v) is 10.2. The van der Waals surface area contributed by atoms with Crippen molar-refractivity contribution in [1.82, 2.24) is 5.43 Å². The Balaban J connectivity index is 1.39. The number of ether oxygens (including phenoxy) is 1. The molecule has 1 aliphatic rings. The minimum Gasteiger partial charge on any atom is -0.494 e. The highest BCUT2D eigenvalue weighted by Crippen LogP contribution is 2.30. The Morgan fingerprint density at radius 3 is 2.53 bits per heavy atom. The molecule has 0 radical (unpaired) electrons. The molecule has 1 amide bonds. The second-order valence-electron chi connectivity index (χ2n) is 7.02. The number of halogens is 1. The molecule has 0 saturated heterocycles. The Labute approximate surface area is 180 Å². The van der Waals surface area contributed by atoms with Gasteiger partial charge in [-0.05, 0) is 72.1 Å². The molecule has 0 fully saturated rings. The highest BCUT2D eigenvalue weighted by molar-refractivity contribution is 6.30. The van der Waals surface area contributed by atoms with E-state index >= 15 is 0 Å². The van der Waals surface area contributed by atoms with E-state index in [0.717, 1.165) is 35.7 Å². The number of hydrazone groups is 1. The summed E-state index contributed by atoms with van der Waals surface area (Å²) in [6.45, 7) is 4.21. The number of carbonyl (C=O) groups excluding carboxylic acids is 1. The number of hydrogen-bond acceptors (Lipinski definition) is 4. The Morgan fingerprint density at radius 1 is 1.07 bits per heavy atom. The summed E-state index contributed by atoms with van der Waals surface area (Å²) < 4.78 is 5.51. The van der Waals surface area contributed by atoms with Crippen LogP contribution in [0, 0.1) is 0 Å². The van der Waals surface area contributed by atoms with Crippen molar-refractivity contribution in [2.75, 3.05) is 11.5 Å². The van der Waals surface area contributed by atoms with Crippen LogP contribution < -0.4 is 15.1 Å². The maximum Gasteiger partial charge on any atom is 0.271 e. The summed E-state index contributed by atoms with van der Waals surface area (Å²) in [6, 6.07) is 21.1. The van der Waals surface area contributed by atoms with E-state index in [2.05, 4.69) is 27.6 Å². The van der Waals surface area contributed by atoms with Crippen LogP contribution in [0.2, 0.25) is 5.02 Å². The van der Waals surface area contributed by atoms with E-state index < -0.39 is 0 Å². The molecule has 0 atom stereocenters. The zero-order chi connectivity index (χ0) is 20.9. The Morgan fingerprint density at radius 2 is 1.80 bits per heavy atom. The molecule has 0 spiro atoms. The van der Waals surface area contributed by atoms with E-state index in [1.807, 2.05) is 49.4 Å². The summed E-state index contributed by atoms with van der Waals surface area (Å²) in [5, 5.41) is 4.70. The molecule has 152 valence electrons. The van der Waals surface area contributed by atoms with Crippen molar-refractivity contribution in [3.63, 3.8) is 0 Å². The smallest absolute Gasteiger partial charge is 0.271 e. The number of anilines is 1. The zero-order valence-electron chi connectivity index (χ0n) is 16.6. The minimum absolute atomic E-state index is 0.234. The number of rotatable bonds is 6. The van der Waals surface area contributed by atoms with Crippen LogP contribution in [0.25, 0.3) is 0 Å². The van der Waals surface area contributed by atoms with Crippen molar-refractivity contribution >= 4 is 29.4 Å². The normalized spacial score (nSPS) is 12.8. The van der Waals surface area contributed by atoms with Crippen molar-refractivity contribution in [2.24, 2.45) is 5.10 Å². The minimum atomic E-state index is -0.234. The van der Waals surface area contributed by atoms with Gasteiger partial charge in [0.25, 0.3) is 5.91 Å². The lowest BCUT2D eigenvalue weighted by Gasteiger charge is -2.18. The van der Waals surface area contributed by atoms with Gasteiger partial charge in [-0.1, -0.05) is 29.8 Å². The summed E-state index contributed by atoms with van der Waals surface area (Å²) in [5.41, 5.74) is 7.55. The van der Waals surface area contributed by atoms with Gasteiger partial charge in [-0.3, -0.25) is 4.79 Å². The molecule has 0 aliphatic carbocycles. The van der Waals surface area contributed by atoms with Gasteiger partial charge >= 0.3 is 0 Å². The van der Waals surface area contributed by atoms with Gasteiger partial charge in [0, 0.05) is 29.4 Å². The molecule has 1 heterocycles. The lowest BCUT2D eigenvalue weighted by molar-refractivity contribution is 0.0955. The summed E-state index contributed by atoms with van der Waals surface area (Å²) >= 11 is 5.87. The van der Waals surface area contributed by atoms with Crippen molar-refractivity contribution in [2.45, 2.75) is 20.0 Å². The molecule has 1 aliphatic heterocycles. The predicted octanol–water partition coefficient (Wildman–Crippen LogP) is 5.02. The maximum absolute atomic E-state index is 12.5. The number of hydrogen-bond donors (Lipinski definition) is 1. The Kier molecular flexibility index (Phi) is 6.00. The number of carbonyl (C=O) groups is 1. The van der Waals surface area contributed by atoms with Crippen LogP contribution in [-0.4, -0.2) is 18.7 Å². The Bertz CT molecular complexity index is 1060. The van der Waals surface area contributed by atoms with Gasteiger partial charge in [-0.15, -0.1) is 0 Å². The first-order valence-electron chi connectivity index (χ1n) is 9.81. The molecule has 0 aromatic heterocycles. The summed E-state index contributed by atoms with van der Waals surface area (Å²) in [7, 11) is 0. The Hall–Kier alpha value is -3.31. The van der Waals surface area contributed by atoms with Crippen molar-refractivity contribution in [1.29, 1.82) is 0 Å². The summed E-state index contributed by atoms with van der Waals surface area (Å²) in [4.78, 5) is 14.7. The van der Waals surface area contributed by atoms with Gasteiger partial charge in [0.1, 0.15) is 5.75 Å². The van der Waals surface area contributed by atoms with Crippen LogP contribution in [-0.2, 0) is 13.1 Å². The van der Waals surface area contributed by atoms with Gasteiger partial charge in [0.15, 0.2) is 0 Å². The van der Waals surface area contributed by atoms with Crippen molar-refractivity contribution < 1.29 is 9.53 Å². The molecule has 6 heteroatoms. The second kappa shape index (κ2) is 9.01. The lowest BCUT2D eigenvalue weighted by atomic mass is 10.1. The summed E-state index contributed by atoms with van der Waals surface area (Å²) in [6.07, 6.45) is 1.59. The molecule has 30 heavy (non-hydrogen) atoms. The molecule has 3 aromatic carbocycles. The lowest BCUT2D eigenvalue weighted by Crippen LogP contribution is -2.17. The highest BCUT2D eigenvalue weighted by Gasteiger charge is 2.20. The van der Waals surface area contributed by atoms with Crippen LogP contribution in [0.3, 0.4) is 0 Å². The molecular weight excluding hydrogens is 398 g/mol. The fraction of sp³-hybridized carbons (Fsp3) is 0.167. The average molecular weight is 420 g/mol. The molecule has 0 saturated carbocycles. The van der Waals surface area contributed by atoms with Crippen LogP contribution in [0.5, 0.6) is 5.75 Å². The van der Waals surface area contributed by atoms with E-state index in [0.29, 0.717) is 17.2 Å². The maximum atomic E-state index is 12.5. The first kappa shape index (κ1) is 20.0. The standard InChI is InChI=1S/C24H22ClN3O2/c1-2-30-23-11-9-22(10-12-23)28-15-19-6-5-18(13-20(19)16-28)24(29)27-26-14-17-3-7-21(25)8-4-17/h3-14H,2,15-16H2,1H3,(H,27,29)/b26-14-. The van der Waals surface area contributed by atoms with E-state index in [-0.39, 0.29) is 5.91 Å². The SMILES string of the molecule is CCOc1ccc(N2Cc3ccc(C(=O)N/N=C\c4ccc(Cl)cc4)cc3C2)cc1. The monoisotopic (exact) mass is 419 g/mol. The number of benzene rings is 3. The fourth-order valence-corrected chi connectivity index (χ4v) is 3.54. The van der Waals surface area contributed by atoms with Crippen LogP contribution in [0.4, 0.5) is 5.69 Å². The van der Waals surface area contributed by atoms with Crippen molar-refractivity contribution in [3.8, 4) is 5.75 Å². The number of amides is 1. The van der Waals surface area contributed by atoms with Gasteiger partial charge in [0.05, 0.1) is 12.8 Å². The number of nitrogens with zero attached hydrogens (tertiary/aromatic N) is 2. The van der Waals surface area contributed by atoms with E-state index in [1.165, 1.54) is 5.56 Å². The second-order valence-corrected chi connectivity index (χ2v) is 7.45. The van der Waals surface area contributed by atoms with Gasteiger partial charge in [-0.2, -0.15) is 5.10 Å². The summed E-state index contributed by atoms with van der Waals surface area (Å²) in [5.74, 6) is 0.638. The highest BCUT2D eigenvalue weighted by atomic mass is 35.5. The van der Waals surface area contributed by atoms with E-state index in [4.69, 9.17) is 16.3 Å². The van der Waals surface area contributed by atoms with Crippen LogP contribution in [0.1, 0.15) is 34.0 Å². The van der Waals surface area contributed by atoms with Crippen LogP contribution in [0.15, 0.2) is 71.8 Å². The molecule has 4 rings (SSSR count). The average Bonchev–Trinajstić information content (AvgIpc) is 3.19. The third kappa shape index (κ3) is 4.63. The van der Waals surface area contributed by atoms with Gasteiger partial charge in [0.2, 0.25) is 0 Å². The molecular formula is C24H22ClN3O2. The molecule has 1 N–H and O–H groups in total. The fourth-order valence-electron chi connectivity index (χ4n) is 3.42. The topological polar surface area (TPSA) is 53.9 Å². The zero-order valence-corrected chi connectivity index (χ0v) is 17.4. The quantitative estimate of drug-likeness (QED) is 0.450. The molecule has 0 unspecified atom stereocenters. The van der Waals surface area contributed by atoms with E-state index in [9.17, 15) is 4.79 Å². The first-order chi connectivity index (χ1) is 14.6. The molecule has 0 bridgehead atoms. The third-order valence-corrected chi connectivity index (χ3v) is 5.21. The molecule has 5 nitrogen and oxygen atoms in total. The van der Waals surface area contributed by atoms with E-state index in [1.54, 1.807) is 18.3 Å². The van der Waals surface area contributed by atoms with Crippen LogP contribution >= 0.6 is 11.6 Å². The number of nitrogens with one attached hydrogen (secondary N) is 1. The number of fused-ring (bicyclic) bond motifs is 1.